The van der Waals surface area contributed by atoms with E-state index in [4.69, 9.17) is 14.8 Å². The summed E-state index contributed by atoms with van der Waals surface area (Å²) in [6.45, 7) is 3.53. The van der Waals surface area contributed by atoms with Crippen molar-refractivity contribution in [2.24, 2.45) is 0 Å². The molecule has 0 radical (unpaired) electrons. The fourth-order valence-corrected chi connectivity index (χ4v) is 6.45. The highest BCUT2D eigenvalue weighted by atomic mass is 19.4. The van der Waals surface area contributed by atoms with E-state index in [-0.39, 0.29) is 16.9 Å². The Kier molecular flexibility index (Phi) is 6.06. The lowest BCUT2D eigenvalue weighted by Gasteiger charge is -2.36. The van der Waals surface area contributed by atoms with Crippen LogP contribution in [-0.4, -0.2) is 57.4 Å². The summed E-state index contributed by atoms with van der Waals surface area (Å²) in [5.74, 6) is 1.41. The number of anilines is 2. The highest BCUT2D eigenvalue weighted by Gasteiger charge is 2.37. The van der Waals surface area contributed by atoms with Crippen molar-refractivity contribution in [2.75, 3.05) is 42.6 Å². The smallest absolute Gasteiger partial charge is 0.378 e. The number of alkyl halides is 3. The first-order valence-corrected chi connectivity index (χ1v) is 13.8. The Bertz CT molecular complexity index is 1520. The van der Waals surface area contributed by atoms with Crippen molar-refractivity contribution in [1.29, 1.82) is 0 Å². The topological polar surface area (TPSA) is 71.7 Å². The van der Waals surface area contributed by atoms with Gasteiger partial charge in [0.2, 0.25) is 0 Å². The third kappa shape index (κ3) is 4.27. The summed E-state index contributed by atoms with van der Waals surface area (Å²) in [7, 11) is 0. The zero-order valence-corrected chi connectivity index (χ0v) is 21.6. The number of ether oxygens (including phenoxy) is 1. The van der Waals surface area contributed by atoms with Crippen molar-refractivity contribution in [3.05, 3.63) is 53.1 Å². The van der Waals surface area contributed by atoms with Gasteiger partial charge in [0.05, 0.1) is 41.4 Å². The molecule has 0 bridgehead atoms. The van der Waals surface area contributed by atoms with Crippen LogP contribution >= 0.6 is 0 Å². The third-order valence-electron chi connectivity index (χ3n) is 8.24. The molecule has 39 heavy (non-hydrogen) atoms. The first kappa shape index (κ1) is 24.6. The van der Waals surface area contributed by atoms with E-state index in [1.807, 2.05) is 15.5 Å². The van der Waals surface area contributed by atoms with Crippen LogP contribution in [0.25, 0.3) is 16.6 Å². The van der Waals surface area contributed by atoms with E-state index in [0.717, 1.165) is 87.0 Å². The molecular formula is C28H30F3N7O. The van der Waals surface area contributed by atoms with Crippen molar-refractivity contribution >= 4 is 28.2 Å². The maximum atomic E-state index is 14.1. The lowest BCUT2D eigenvalue weighted by atomic mass is 9.96. The normalized spacial score (nSPS) is 20.5. The number of halogens is 3. The van der Waals surface area contributed by atoms with E-state index in [9.17, 15) is 13.2 Å². The molecule has 1 aromatic carbocycles. The van der Waals surface area contributed by atoms with Crippen LogP contribution < -0.4 is 9.80 Å². The number of aromatic nitrogens is 5. The SMILES string of the molecule is FC(F)(F)c1cccc2ncnc(N3CCCCC3c3cc4nc5c(c(N6CCOCC6)n4n3)CCCC5)c12. The molecule has 7 rings (SSSR count). The Morgan fingerprint density at radius 1 is 0.949 bits per heavy atom. The van der Waals surface area contributed by atoms with Crippen LogP contribution in [0, 0.1) is 0 Å². The average molecular weight is 538 g/mol. The molecule has 5 heterocycles. The van der Waals surface area contributed by atoms with Crippen molar-refractivity contribution in [2.45, 2.75) is 57.2 Å². The molecule has 2 fully saturated rings. The predicted molar refractivity (Wildman–Crippen MR) is 141 cm³/mol. The molecule has 4 aromatic rings. The quantitative estimate of drug-likeness (QED) is 0.359. The standard InChI is InChI=1S/C28H30F3N7O/c29-28(30,31)19-7-5-9-21-25(19)26(33-17-32-21)37-11-4-3-10-23(37)22-16-24-34-20-8-2-1-6-18(20)27(38(24)35-22)36-12-14-39-15-13-36/h5,7,9,16-17,23H,1-4,6,8,10-15H2. The monoisotopic (exact) mass is 537 g/mol. The molecule has 0 spiro atoms. The van der Waals surface area contributed by atoms with Gasteiger partial charge in [0.1, 0.15) is 18.0 Å². The fourth-order valence-electron chi connectivity index (χ4n) is 6.45. The van der Waals surface area contributed by atoms with E-state index in [0.29, 0.717) is 25.6 Å². The number of fused-ring (bicyclic) bond motifs is 3. The van der Waals surface area contributed by atoms with Gasteiger partial charge in [0.25, 0.3) is 0 Å². The summed E-state index contributed by atoms with van der Waals surface area (Å²) in [6, 6.07) is 5.94. The summed E-state index contributed by atoms with van der Waals surface area (Å²) >= 11 is 0. The van der Waals surface area contributed by atoms with Gasteiger partial charge in [-0.05, 0) is 57.1 Å². The molecule has 2 aliphatic heterocycles. The molecule has 0 N–H and O–H groups in total. The Labute approximate surface area is 223 Å². The van der Waals surface area contributed by atoms with E-state index in [1.54, 1.807) is 6.07 Å². The van der Waals surface area contributed by atoms with E-state index in [2.05, 4.69) is 14.9 Å². The lowest BCUT2D eigenvalue weighted by molar-refractivity contribution is -0.136. The Morgan fingerprint density at radius 3 is 2.64 bits per heavy atom. The van der Waals surface area contributed by atoms with Crippen LogP contribution in [0.5, 0.6) is 0 Å². The Hall–Kier alpha value is -3.47. The van der Waals surface area contributed by atoms with E-state index < -0.39 is 11.7 Å². The number of nitrogens with zero attached hydrogens (tertiary/aromatic N) is 7. The molecule has 1 atom stereocenters. The number of rotatable bonds is 3. The number of morpholine rings is 1. The zero-order valence-electron chi connectivity index (χ0n) is 21.6. The molecule has 3 aromatic heterocycles. The summed E-state index contributed by atoms with van der Waals surface area (Å²) in [5, 5.41) is 5.16. The minimum absolute atomic E-state index is 0.0470. The van der Waals surface area contributed by atoms with E-state index >= 15 is 0 Å². The van der Waals surface area contributed by atoms with Gasteiger partial charge in [-0.25, -0.2) is 15.0 Å². The van der Waals surface area contributed by atoms with Crippen molar-refractivity contribution in [3.63, 3.8) is 0 Å². The predicted octanol–water partition coefficient (Wildman–Crippen LogP) is 5.14. The van der Waals surface area contributed by atoms with Crippen LogP contribution in [0.4, 0.5) is 24.8 Å². The molecule has 1 unspecified atom stereocenters. The Morgan fingerprint density at radius 2 is 1.79 bits per heavy atom. The highest BCUT2D eigenvalue weighted by Crippen LogP contribution is 2.42. The molecule has 0 saturated carbocycles. The molecule has 0 amide bonds. The van der Waals surface area contributed by atoms with Crippen LogP contribution in [0.1, 0.15) is 60.7 Å². The summed E-state index contributed by atoms with van der Waals surface area (Å²) in [6.07, 6.45) is 3.64. The van der Waals surface area contributed by atoms with Gasteiger partial charge in [-0.15, -0.1) is 0 Å². The van der Waals surface area contributed by atoms with Gasteiger partial charge in [-0.1, -0.05) is 6.07 Å². The average Bonchev–Trinajstić information content (AvgIpc) is 3.38. The lowest BCUT2D eigenvalue weighted by Crippen LogP contribution is -2.38. The van der Waals surface area contributed by atoms with Crippen molar-refractivity contribution in [3.8, 4) is 0 Å². The fraction of sp³-hybridized carbons (Fsp3) is 0.500. The van der Waals surface area contributed by atoms with Crippen LogP contribution in [0.2, 0.25) is 0 Å². The molecule has 3 aliphatic rings. The molecule has 1 aliphatic carbocycles. The molecule has 11 heteroatoms. The maximum absolute atomic E-state index is 14.1. The van der Waals surface area contributed by atoms with E-state index in [1.165, 1.54) is 18.0 Å². The number of hydrogen-bond donors (Lipinski definition) is 0. The second-order valence-electron chi connectivity index (χ2n) is 10.6. The second-order valence-corrected chi connectivity index (χ2v) is 10.6. The third-order valence-corrected chi connectivity index (χ3v) is 8.24. The number of benzene rings is 1. The van der Waals surface area contributed by atoms with Gasteiger partial charge in [-0.2, -0.15) is 22.8 Å². The van der Waals surface area contributed by atoms with Gasteiger partial charge < -0.3 is 14.5 Å². The van der Waals surface area contributed by atoms with Gasteiger partial charge in [0.15, 0.2) is 5.65 Å². The highest BCUT2D eigenvalue weighted by molar-refractivity contribution is 5.93. The van der Waals surface area contributed by atoms with Crippen LogP contribution in [0.3, 0.4) is 0 Å². The van der Waals surface area contributed by atoms with Gasteiger partial charge in [-0.3, -0.25) is 0 Å². The molecule has 204 valence electrons. The van der Waals surface area contributed by atoms with Gasteiger partial charge in [0, 0.05) is 37.0 Å². The second kappa shape index (κ2) is 9.62. The summed E-state index contributed by atoms with van der Waals surface area (Å²) in [4.78, 5) is 18.0. The molecule has 8 nitrogen and oxygen atoms in total. The molecule has 2 saturated heterocycles. The zero-order chi connectivity index (χ0) is 26.6. The molecular weight excluding hydrogens is 507 g/mol. The first-order valence-electron chi connectivity index (χ1n) is 13.8. The van der Waals surface area contributed by atoms with Crippen LogP contribution in [-0.2, 0) is 23.8 Å². The minimum atomic E-state index is -4.51. The van der Waals surface area contributed by atoms with Crippen molar-refractivity contribution in [1.82, 2.24) is 24.6 Å². The number of aryl methyl sites for hydroxylation is 1. The van der Waals surface area contributed by atoms with Crippen LogP contribution in [0.15, 0.2) is 30.6 Å². The largest absolute Gasteiger partial charge is 0.417 e. The summed E-state index contributed by atoms with van der Waals surface area (Å²) < 4.78 is 49.8. The minimum Gasteiger partial charge on any atom is -0.378 e. The maximum Gasteiger partial charge on any atom is 0.417 e. The summed E-state index contributed by atoms with van der Waals surface area (Å²) in [5.41, 5.74) is 3.59. The first-order chi connectivity index (χ1) is 19.0. The Balaban J connectivity index is 1.37. The van der Waals surface area contributed by atoms with Gasteiger partial charge >= 0.3 is 6.18 Å². The number of hydrogen-bond acceptors (Lipinski definition) is 7. The number of piperidine rings is 1. The van der Waals surface area contributed by atoms with Crippen molar-refractivity contribution < 1.29 is 17.9 Å².